The van der Waals surface area contributed by atoms with E-state index in [1.54, 1.807) is 19.1 Å². The Morgan fingerprint density at radius 3 is 2.48 bits per heavy atom. The second-order valence-electron chi connectivity index (χ2n) is 9.02. The molecule has 33 heavy (non-hydrogen) atoms. The zero-order valence-corrected chi connectivity index (χ0v) is 18.7. The van der Waals surface area contributed by atoms with Gasteiger partial charge in [-0.1, -0.05) is 6.42 Å². The number of alkyl halides is 3. The Labute approximate surface area is 189 Å². The van der Waals surface area contributed by atoms with Crippen LogP contribution in [0.3, 0.4) is 0 Å². The van der Waals surface area contributed by atoms with E-state index in [0.717, 1.165) is 11.2 Å². The molecule has 2 saturated carbocycles. The summed E-state index contributed by atoms with van der Waals surface area (Å²) in [6.45, 7) is 1.11. The van der Waals surface area contributed by atoms with Gasteiger partial charge in [0, 0.05) is 17.3 Å². The highest BCUT2D eigenvalue weighted by molar-refractivity contribution is 7.92. The molecule has 2 fully saturated rings. The normalized spacial score (nSPS) is 18.3. The third-order valence-electron chi connectivity index (χ3n) is 6.88. The van der Waals surface area contributed by atoms with Crippen LogP contribution < -0.4 is 4.74 Å². The molecule has 6 nitrogen and oxygen atoms in total. The number of ether oxygens (including phenoxy) is 1. The Balaban J connectivity index is 1.62. The van der Waals surface area contributed by atoms with Gasteiger partial charge in [0.05, 0.1) is 15.8 Å². The molecule has 1 aromatic carbocycles. The Morgan fingerprint density at radius 2 is 1.88 bits per heavy atom. The van der Waals surface area contributed by atoms with Gasteiger partial charge in [0.15, 0.2) is 15.7 Å². The Bertz CT molecular complexity index is 1290. The van der Waals surface area contributed by atoms with Gasteiger partial charge in [-0.2, -0.15) is 17.9 Å². The fraction of sp³-hybridized carbons (Fsp3) is 0.435. The summed E-state index contributed by atoms with van der Waals surface area (Å²) in [5.41, 5.74) is -0.0110. The third-order valence-corrected chi connectivity index (χ3v) is 9.14. The lowest BCUT2D eigenvalue weighted by molar-refractivity contribution is -0.194. The monoisotopic (exact) mass is 480 g/mol. The molecule has 0 saturated heterocycles. The molecule has 10 heteroatoms. The molecular formula is C23H23F3N2O4S. The zero-order chi connectivity index (χ0) is 23.6. The molecule has 176 valence electrons. The van der Waals surface area contributed by atoms with E-state index in [0.29, 0.717) is 35.2 Å². The zero-order valence-electron chi connectivity index (χ0n) is 17.9. The van der Waals surface area contributed by atoms with Gasteiger partial charge in [0.1, 0.15) is 17.8 Å². The summed E-state index contributed by atoms with van der Waals surface area (Å²) in [4.78, 5) is 4.26. The first-order chi connectivity index (χ1) is 15.5. The summed E-state index contributed by atoms with van der Waals surface area (Å²) in [5.74, 6) is 0.424. The quantitative estimate of drug-likeness (QED) is 0.488. The predicted octanol–water partition coefficient (Wildman–Crippen LogP) is 5.25. The average Bonchev–Trinajstić information content (AvgIpc) is 3.36. The van der Waals surface area contributed by atoms with Gasteiger partial charge in [-0.25, -0.2) is 13.4 Å². The third kappa shape index (κ3) is 3.55. The van der Waals surface area contributed by atoms with Crippen LogP contribution in [-0.4, -0.2) is 41.4 Å². The molecule has 0 atom stereocenters. The maximum atomic E-state index is 13.4. The van der Waals surface area contributed by atoms with Crippen molar-refractivity contribution in [2.24, 2.45) is 5.41 Å². The van der Waals surface area contributed by atoms with E-state index < -0.39 is 33.3 Å². The van der Waals surface area contributed by atoms with E-state index in [4.69, 9.17) is 4.74 Å². The topological polar surface area (TPSA) is 81.4 Å². The lowest BCUT2D eigenvalue weighted by atomic mass is 9.98. The predicted molar refractivity (Wildman–Crippen MR) is 114 cm³/mol. The molecule has 5 rings (SSSR count). The number of pyridine rings is 1. The fourth-order valence-corrected chi connectivity index (χ4v) is 6.09. The number of aromatic nitrogens is 2. The van der Waals surface area contributed by atoms with Crippen molar-refractivity contribution in [2.45, 2.75) is 55.3 Å². The molecule has 0 unspecified atom stereocenters. The Kier molecular flexibility index (Phi) is 4.93. The number of fused-ring (bicyclic) bond motifs is 1. The molecule has 0 aromatic heterocycles. The first kappa shape index (κ1) is 22.1. The van der Waals surface area contributed by atoms with E-state index in [1.165, 1.54) is 24.4 Å². The molecule has 2 heterocycles. The molecular weight excluding hydrogens is 457 g/mol. The van der Waals surface area contributed by atoms with Crippen LogP contribution in [0.1, 0.15) is 37.8 Å². The van der Waals surface area contributed by atoms with Gasteiger partial charge >= 0.3 is 6.18 Å². The van der Waals surface area contributed by atoms with Crippen molar-refractivity contribution in [1.29, 1.82) is 0 Å². The number of rotatable bonds is 6. The summed E-state index contributed by atoms with van der Waals surface area (Å²) in [6, 6.07) is 7.61. The maximum Gasteiger partial charge on any atom is 0.397 e. The molecule has 0 bridgehead atoms. The molecule has 1 N–H and O–H groups in total. The molecule has 0 spiro atoms. The van der Waals surface area contributed by atoms with Crippen LogP contribution in [0.5, 0.6) is 5.75 Å². The first-order valence-electron chi connectivity index (χ1n) is 10.8. The molecule has 2 aliphatic carbocycles. The summed E-state index contributed by atoms with van der Waals surface area (Å²) in [6.07, 6.45) is -0.816. The fourth-order valence-electron chi connectivity index (χ4n) is 4.22. The van der Waals surface area contributed by atoms with Crippen molar-refractivity contribution in [3.63, 3.8) is 0 Å². The minimum absolute atomic E-state index is 0.00590. The summed E-state index contributed by atoms with van der Waals surface area (Å²) in [5, 5.41) is 9.84. The molecule has 1 aromatic rings. The Hall–Kier alpha value is -2.75. The van der Waals surface area contributed by atoms with Gasteiger partial charge in [-0.05, 0) is 68.5 Å². The number of halogens is 3. The SMILES string of the molecule is Cc1cc(-c2cc(S(=O)(=O)C3CCC3)ccc2OCC2(C(F)(F)F)CC2)c2ccnc-2n1O. The van der Waals surface area contributed by atoms with Gasteiger partial charge in [-0.15, -0.1) is 0 Å². The van der Waals surface area contributed by atoms with Crippen molar-refractivity contribution in [3.05, 3.63) is 42.2 Å². The standard InChI is InChI=1S/C23H23F3N2O4S/c1-14-11-18(17-7-10-27-21(17)28(14)29)19-12-16(33(30,31)15-3-2-4-15)5-6-20(19)32-13-22(8-9-22)23(24,25)26/h5-7,10-12,15,29H,2-4,8-9,13H2,1H3. The number of hydrogen-bond acceptors (Lipinski definition) is 5. The number of sulfone groups is 1. The van der Waals surface area contributed by atoms with Gasteiger partial charge in [-0.3, -0.25) is 0 Å². The lowest BCUT2D eigenvalue weighted by Gasteiger charge is -2.26. The van der Waals surface area contributed by atoms with E-state index in [1.807, 2.05) is 0 Å². The highest BCUT2D eigenvalue weighted by Gasteiger charge is 2.64. The first-order valence-corrected chi connectivity index (χ1v) is 12.3. The number of aryl methyl sites for hydroxylation is 1. The highest BCUT2D eigenvalue weighted by atomic mass is 32.2. The number of benzene rings is 1. The van der Waals surface area contributed by atoms with Crippen LogP contribution in [0.15, 0.2) is 41.4 Å². The highest BCUT2D eigenvalue weighted by Crippen LogP contribution is 2.58. The molecule has 4 aliphatic rings. The van der Waals surface area contributed by atoms with Crippen LogP contribution in [0.2, 0.25) is 0 Å². The molecule has 0 amide bonds. The van der Waals surface area contributed by atoms with Crippen molar-refractivity contribution >= 4 is 9.84 Å². The van der Waals surface area contributed by atoms with Crippen LogP contribution >= 0.6 is 0 Å². The van der Waals surface area contributed by atoms with Gasteiger partial charge in [0.25, 0.3) is 0 Å². The van der Waals surface area contributed by atoms with Crippen molar-refractivity contribution in [2.75, 3.05) is 6.61 Å². The lowest BCUT2D eigenvalue weighted by Crippen LogP contribution is -2.30. The molecule has 2 aliphatic heterocycles. The van der Waals surface area contributed by atoms with Crippen LogP contribution in [0.25, 0.3) is 22.5 Å². The second kappa shape index (κ2) is 7.38. The van der Waals surface area contributed by atoms with E-state index in [9.17, 15) is 26.8 Å². The smallest absolute Gasteiger partial charge is 0.397 e. The van der Waals surface area contributed by atoms with Crippen LogP contribution in [0.4, 0.5) is 13.2 Å². The van der Waals surface area contributed by atoms with Crippen LogP contribution in [-0.2, 0) is 9.84 Å². The minimum Gasteiger partial charge on any atom is -0.492 e. The summed E-state index contributed by atoms with van der Waals surface area (Å²) >= 11 is 0. The summed E-state index contributed by atoms with van der Waals surface area (Å²) < 4.78 is 73.1. The largest absolute Gasteiger partial charge is 0.492 e. The van der Waals surface area contributed by atoms with Crippen LogP contribution in [0, 0.1) is 12.3 Å². The Morgan fingerprint density at radius 1 is 1.15 bits per heavy atom. The average molecular weight is 481 g/mol. The number of hydrogen-bond donors (Lipinski definition) is 1. The van der Waals surface area contributed by atoms with Crippen molar-refractivity contribution in [1.82, 2.24) is 9.71 Å². The van der Waals surface area contributed by atoms with Gasteiger partial charge in [0.2, 0.25) is 0 Å². The number of nitrogens with zero attached hydrogens (tertiary/aromatic N) is 2. The maximum absolute atomic E-state index is 13.4. The van der Waals surface area contributed by atoms with E-state index >= 15 is 0 Å². The van der Waals surface area contributed by atoms with Crippen molar-refractivity contribution < 1.29 is 31.5 Å². The molecule has 0 radical (unpaired) electrons. The van der Waals surface area contributed by atoms with Crippen molar-refractivity contribution in [3.8, 4) is 28.3 Å². The van der Waals surface area contributed by atoms with E-state index in [-0.39, 0.29) is 29.3 Å². The second-order valence-corrected chi connectivity index (χ2v) is 11.2. The summed E-state index contributed by atoms with van der Waals surface area (Å²) in [7, 11) is -3.57. The minimum atomic E-state index is -4.37. The van der Waals surface area contributed by atoms with Gasteiger partial charge < -0.3 is 9.94 Å². The van der Waals surface area contributed by atoms with E-state index in [2.05, 4.69) is 4.98 Å².